The zero-order valence-electron chi connectivity index (χ0n) is 9.72. The van der Waals surface area contributed by atoms with Crippen LogP contribution < -0.4 is 10.1 Å². The van der Waals surface area contributed by atoms with Crippen LogP contribution in [-0.4, -0.2) is 22.1 Å². The number of halogens is 1. The SMILES string of the molecule is CNc1ncnc(Oc2ccc(CO)cc2)c1Br. The van der Waals surface area contributed by atoms with Gasteiger partial charge in [0.25, 0.3) is 0 Å². The molecule has 0 spiro atoms. The Morgan fingerprint density at radius 2 is 2.00 bits per heavy atom. The maximum Gasteiger partial charge on any atom is 0.238 e. The van der Waals surface area contributed by atoms with E-state index in [4.69, 9.17) is 9.84 Å². The average molecular weight is 310 g/mol. The fraction of sp³-hybridized carbons (Fsp3) is 0.167. The Morgan fingerprint density at radius 1 is 1.28 bits per heavy atom. The minimum absolute atomic E-state index is 0.0153. The molecule has 0 aliphatic carbocycles. The molecule has 6 heteroatoms. The molecule has 0 saturated heterocycles. The maximum absolute atomic E-state index is 8.95. The highest BCUT2D eigenvalue weighted by Gasteiger charge is 2.09. The van der Waals surface area contributed by atoms with Gasteiger partial charge in [0.2, 0.25) is 5.88 Å². The second-order valence-corrected chi connectivity index (χ2v) is 4.29. The number of anilines is 1. The van der Waals surface area contributed by atoms with Gasteiger partial charge in [-0.2, -0.15) is 0 Å². The molecular formula is C12H12BrN3O2. The van der Waals surface area contributed by atoms with E-state index >= 15 is 0 Å². The molecule has 1 aromatic carbocycles. The number of aromatic nitrogens is 2. The molecule has 2 aromatic rings. The number of ether oxygens (including phenoxy) is 1. The molecule has 0 bridgehead atoms. The van der Waals surface area contributed by atoms with Crippen molar-refractivity contribution in [3.63, 3.8) is 0 Å². The standard InChI is InChI=1S/C12H12BrN3O2/c1-14-11-10(13)12(16-7-15-11)18-9-4-2-8(6-17)3-5-9/h2-5,7,17H,6H2,1H3,(H,14,15,16). The van der Waals surface area contributed by atoms with Crippen LogP contribution >= 0.6 is 15.9 Å². The molecule has 0 unspecified atom stereocenters. The Morgan fingerprint density at radius 3 is 2.61 bits per heavy atom. The first-order chi connectivity index (χ1) is 8.74. The largest absolute Gasteiger partial charge is 0.438 e. The molecule has 0 amide bonds. The molecule has 0 aliphatic heterocycles. The monoisotopic (exact) mass is 309 g/mol. The first-order valence-corrected chi connectivity index (χ1v) is 6.09. The number of rotatable bonds is 4. The van der Waals surface area contributed by atoms with Crippen molar-refractivity contribution in [3.8, 4) is 11.6 Å². The third kappa shape index (κ3) is 2.77. The lowest BCUT2D eigenvalue weighted by atomic mass is 10.2. The molecule has 0 radical (unpaired) electrons. The van der Waals surface area contributed by atoms with E-state index in [0.717, 1.165) is 5.56 Å². The van der Waals surface area contributed by atoms with Crippen LogP contribution in [0, 0.1) is 0 Å². The molecule has 94 valence electrons. The Hall–Kier alpha value is -1.66. The van der Waals surface area contributed by atoms with Gasteiger partial charge in [0, 0.05) is 7.05 Å². The van der Waals surface area contributed by atoms with Crippen LogP contribution in [0.4, 0.5) is 5.82 Å². The van der Waals surface area contributed by atoms with Crippen molar-refractivity contribution in [2.75, 3.05) is 12.4 Å². The van der Waals surface area contributed by atoms with E-state index in [-0.39, 0.29) is 6.61 Å². The van der Waals surface area contributed by atoms with Crippen molar-refractivity contribution >= 4 is 21.7 Å². The van der Waals surface area contributed by atoms with E-state index in [0.29, 0.717) is 21.9 Å². The van der Waals surface area contributed by atoms with Gasteiger partial charge in [0.1, 0.15) is 22.4 Å². The maximum atomic E-state index is 8.95. The Bertz CT molecular complexity index is 531. The van der Waals surface area contributed by atoms with Crippen molar-refractivity contribution in [3.05, 3.63) is 40.6 Å². The third-order valence-corrected chi connectivity index (χ3v) is 3.03. The molecular weight excluding hydrogens is 298 g/mol. The quantitative estimate of drug-likeness (QED) is 0.908. The number of nitrogens with one attached hydrogen (secondary N) is 1. The third-order valence-electron chi connectivity index (χ3n) is 2.31. The van der Waals surface area contributed by atoms with Crippen LogP contribution in [0.3, 0.4) is 0 Å². The number of nitrogens with zero attached hydrogens (tertiary/aromatic N) is 2. The molecule has 1 aromatic heterocycles. The second-order valence-electron chi connectivity index (χ2n) is 3.50. The fourth-order valence-electron chi connectivity index (χ4n) is 1.37. The number of aliphatic hydroxyl groups excluding tert-OH is 1. The van der Waals surface area contributed by atoms with Gasteiger partial charge in [-0.3, -0.25) is 0 Å². The summed E-state index contributed by atoms with van der Waals surface area (Å²) in [5.74, 6) is 1.74. The van der Waals surface area contributed by atoms with Gasteiger partial charge in [0.15, 0.2) is 0 Å². The fourth-order valence-corrected chi connectivity index (χ4v) is 1.86. The number of hydrogen-bond donors (Lipinski definition) is 2. The first-order valence-electron chi connectivity index (χ1n) is 5.30. The average Bonchev–Trinajstić information content (AvgIpc) is 2.42. The minimum atomic E-state index is 0.0153. The van der Waals surface area contributed by atoms with E-state index in [1.165, 1.54) is 6.33 Å². The van der Waals surface area contributed by atoms with Crippen molar-refractivity contribution in [2.45, 2.75) is 6.61 Å². The molecule has 0 aliphatic rings. The number of benzene rings is 1. The zero-order chi connectivity index (χ0) is 13.0. The summed E-state index contributed by atoms with van der Waals surface area (Å²) in [6.07, 6.45) is 1.42. The summed E-state index contributed by atoms with van der Waals surface area (Å²) in [6.45, 7) is 0.0153. The Kier molecular flexibility index (Phi) is 4.11. The zero-order valence-corrected chi connectivity index (χ0v) is 11.3. The van der Waals surface area contributed by atoms with Crippen LogP contribution in [0.2, 0.25) is 0 Å². The van der Waals surface area contributed by atoms with Crippen LogP contribution in [-0.2, 0) is 6.61 Å². The highest BCUT2D eigenvalue weighted by atomic mass is 79.9. The van der Waals surface area contributed by atoms with Gasteiger partial charge in [0.05, 0.1) is 6.61 Å². The molecule has 1 heterocycles. The van der Waals surface area contributed by atoms with E-state index in [1.807, 2.05) is 0 Å². The molecule has 2 rings (SSSR count). The second kappa shape index (κ2) is 5.79. The summed E-state index contributed by atoms with van der Waals surface area (Å²) in [7, 11) is 1.77. The predicted molar refractivity (Wildman–Crippen MR) is 71.7 cm³/mol. The molecule has 0 atom stereocenters. The van der Waals surface area contributed by atoms with Crippen molar-refractivity contribution in [1.82, 2.24) is 9.97 Å². The number of hydrogen-bond acceptors (Lipinski definition) is 5. The van der Waals surface area contributed by atoms with E-state index in [9.17, 15) is 0 Å². The van der Waals surface area contributed by atoms with Crippen molar-refractivity contribution in [2.24, 2.45) is 0 Å². The first kappa shape index (κ1) is 12.8. The van der Waals surface area contributed by atoms with Gasteiger partial charge in [-0.05, 0) is 33.6 Å². The lowest BCUT2D eigenvalue weighted by Crippen LogP contribution is -1.97. The normalized spacial score (nSPS) is 10.2. The summed E-state index contributed by atoms with van der Waals surface area (Å²) in [5, 5.41) is 11.9. The van der Waals surface area contributed by atoms with E-state index < -0.39 is 0 Å². The van der Waals surface area contributed by atoms with E-state index in [2.05, 4.69) is 31.2 Å². The summed E-state index contributed by atoms with van der Waals surface area (Å²) in [5.41, 5.74) is 0.833. The lowest BCUT2D eigenvalue weighted by molar-refractivity contribution is 0.281. The van der Waals surface area contributed by atoms with Crippen molar-refractivity contribution < 1.29 is 9.84 Å². The Labute approximate surface area is 113 Å². The van der Waals surface area contributed by atoms with Crippen LogP contribution in [0.1, 0.15) is 5.56 Å². The molecule has 0 fully saturated rings. The highest BCUT2D eigenvalue weighted by Crippen LogP contribution is 2.31. The topological polar surface area (TPSA) is 67.3 Å². The van der Waals surface area contributed by atoms with Gasteiger partial charge in [-0.1, -0.05) is 12.1 Å². The van der Waals surface area contributed by atoms with Gasteiger partial charge in [-0.15, -0.1) is 0 Å². The summed E-state index contributed by atoms with van der Waals surface area (Å²) >= 11 is 3.37. The summed E-state index contributed by atoms with van der Waals surface area (Å²) in [6, 6.07) is 7.14. The smallest absolute Gasteiger partial charge is 0.238 e. The lowest BCUT2D eigenvalue weighted by Gasteiger charge is -2.09. The van der Waals surface area contributed by atoms with E-state index in [1.54, 1.807) is 31.3 Å². The molecule has 5 nitrogen and oxygen atoms in total. The van der Waals surface area contributed by atoms with Crippen LogP contribution in [0.15, 0.2) is 35.1 Å². The highest BCUT2D eigenvalue weighted by molar-refractivity contribution is 9.10. The summed E-state index contributed by atoms with van der Waals surface area (Å²) in [4.78, 5) is 8.10. The molecule has 0 saturated carbocycles. The van der Waals surface area contributed by atoms with Crippen LogP contribution in [0.25, 0.3) is 0 Å². The summed E-state index contributed by atoms with van der Waals surface area (Å²) < 4.78 is 6.30. The van der Waals surface area contributed by atoms with Crippen LogP contribution in [0.5, 0.6) is 11.6 Å². The Balaban J connectivity index is 2.22. The molecule has 18 heavy (non-hydrogen) atoms. The predicted octanol–water partition coefficient (Wildman–Crippen LogP) is 2.57. The minimum Gasteiger partial charge on any atom is -0.438 e. The number of aliphatic hydroxyl groups is 1. The molecule has 2 N–H and O–H groups in total. The van der Waals surface area contributed by atoms with Gasteiger partial charge < -0.3 is 15.2 Å². The van der Waals surface area contributed by atoms with Gasteiger partial charge in [-0.25, -0.2) is 9.97 Å². The van der Waals surface area contributed by atoms with Gasteiger partial charge >= 0.3 is 0 Å². The van der Waals surface area contributed by atoms with Crippen molar-refractivity contribution in [1.29, 1.82) is 0 Å².